The molecule has 17 heavy (non-hydrogen) atoms. The third-order valence-electron chi connectivity index (χ3n) is 2.17. The largest absolute Gasteiger partial charge is 0.366 e. The summed E-state index contributed by atoms with van der Waals surface area (Å²) in [6.07, 6.45) is 1.54. The van der Waals surface area contributed by atoms with Crippen molar-refractivity contribution in [3.63, 3.8) is 0 Å². The standard InChI is InChI=1S/C12H9ClN4/c13-10-4-2-1-3-9(10)8-16-11-5-6-15-12(7-14)17-11/h1-6H,8H2,(H,15,16,17). The van der Waals surface area contributed by atoms with Gasteiger partial charge in [0.05, 0.1) is 0 Å². The zero-order valence-electron chi connectivity index (χ0n) is 8.89. The fourth-order valence-corrected chi connectivity index (χ4v) is 1.54. The van der Waals surface area contributed by atoms with Crippen LogP contribution in [0.25, 0.3) is 0 Å². The minimum absolute atomic E-state index is 0.147. The van der Waals surface area contributed by atoms with E-state index in [4.69, 9.17) is 16.9 Å². The molecule has 0 saturated heterocycles. The smallest absolute Gasteiger partial charge is 0.234 e. The third kappa shape index (κ3) is 2.92. The van der Waals surface area contributed by atoms with Crippen molar-refractivity contribution in [3.05, 3.63) is 52.9 Å². The molecule has 1 aromatic carbocycles. The van der Waals surface area contributed by atoms with Crippen LogP contribution >= 0.6 is 11.6 Å². The number of hydrogen-bond acceptors (Lipinski definition) is 4. The Balaban J connectivity index is 2.08. The van der Waals surface area contributed by atoms with Crippen molar-refractivity contribution in [1.82, 2.24) is 9.97 Å². The number of anilines is 1. The first kappa shape index (κ1) is 11.4. The fourth-order valence-electron chi connectivity index (χ4n) is 1.34. The molecule has 4 nitrogen and oxygen atoms in total. The van der Waals surface area contributed by atoms with Crippen LogP contribution < -0.4 is 5.32 Å². The molecule has 0 aliphatic heterocycles. The van der Waals surface area contributed by atoms with Gasteiger partial charge in [-0.15, -0.1) is 0 Å². The number of benzene rings is 1. The van der Waals surface area contributed by atoms with E-state index in [2.05, 4.69) is 15.3 Å². The molecule has 0 unspecified atom stereocenters. The first-order valence-electron chi connectivity index (χ1n) is 5.00. The SMILES string of the molecule is N#Cc1nccc(NCc2ccccc2Cl)n1. The molecule has 1 aromatic heterocycles. The Morgan fingerprint density at radius 1 is 1.29 bits per heavy atom. The number of nitrogens with one attached hydrogen (secondary N) is 1. The highest BCUT2D eigenvalue weighted by molar-refractivity contribution is 6.31. The lowest BCUT2D eigenvalue weighted by atomic mass is 10.2. The summed E-state index contributed by atoms with van der Waals surface area (Å²) in [4.78, 5) is 7.80. The number of aromatic nitrogens is 2. The van der Waals surface area contributed by atoms with Crippen LogP contribution in [0.4, 0.5) is 5.82 Å². The second-order valence-electron chi connectivity index (χ2n) is 3.32. The first-order valence-corrected chi connectivity index (χ1v) is 5.38. The van der Waals surface area contributed by atoms with Crippen LogP contribution in [0.1, 0.15) is 11.4 Å². The molecular weight excluding hydrogens is 236 g/mol. The van der Waals surface area contributed by atoms with E-state index in [0.717, 1.165) is 5.56 Å². The number of nitrogens with zero attached hydrogens (tertiary/aromatic N) is 3. The Labute approximate surface area is 104 Å². The second-order valence-corrected chi connectivity index (χ2v) is 3.73. The van der Waals surface area contributed by atoms with Crippen molar-refractivity contribution in [2.24, 2.45) is 0 Å². The Morgan fingerprint density at radius 3 is 2.88 bits per heavy atom. The third-order valence-corrected chi connectivity index (χ3v) is 2.54. The maximum Gasteiger partial charge on any atom is 0.234 e. The summed E-state index contributed by atoms with van der Waals surface area (Å²) in [7, 11) is 0. The highest BCUT2D eigenvalue weighted by Crippen LogP contribution is 2.16. The van der Waals surface area contributed by atoms with Crippen molar-refractivity contribution in [2.75, 3.05) is 5.32 Å². The van der Waals surface area contributed by atoms with Gasteiger partial charge in [0, 0.05) is 17.8 Å². The van der Waals surface area contributed by atoms with Gasteiger partial charge in [-0.05, 0) is 17.7 Å². The summed E-state index contributed by atoms with van der Waals surface area (Å²) in [5.41, 5.74) is 0.978. The summed E-state index contributed by atoms with van der Waals surface area (Å²) in [5.74, 6) is 0.755. The van der Waals surface area contributed by atoms with Gasteiger partial charge in [0.25, 0.3) is 0 Å². The van der Waals surface area contributed by atoms with Crippen molar-refractivity contribution in [2.45, 2.75) is 6.54 Å². The van der Waals surface area contributed by atoms with E-state index in [-0.39, 0.29) is 5.82 Å². The molecule has 0 spiro atoms. The van der Waals surface area contributed by atoms with Gasteiger partial charge in [0.2, 0.25) is 5.82 Å². The van der Waals surface area contributed by atoms with Crippen LogP contribution in [0, 0.1) is 11.3 Å². The topological polar surface area (TPSA) is 61.6 Å². The molecule has 0 bridgehead atoms. The molecule has 5 heteroatoms. The van der Waals surface area contributed by atoms with Gasteiger partial charge < -0.3 is 5.32 Å². The van der Waals surface area contributed by atoms with Gasteiger partial charge in [-0.1, -0.05) is 29.8 Å². The molecule has 84 valence electrons. The molecule has 2 rings (SSSR count). The number of rotatable bonds is 3. The number of hydrogen-bond donors (Lipinski definition) is 1. The van der Waals surface area contributed by atoms with Crippen LogP contribution in [-0.2, 0) is 6.54 Å². The Bertz CT molecular complexity index is 562. The van der Waals surface area contributed by atoms with Crippen molar-refractivity contribution < 1.29 is 0 Å². The molecule has 0 radical (unpaired) electrons. The van der Waals surface area contributed by atoms with Crippen molar-refractivity contribution in [3.8, 4) is 6.07 Å². The Morgan fingerprint density at radius 2 is 2.12 bits per heavy atom. The van der Waals surface area contributed by atoms with E-state index in [9.17, 15) is 0 Å². The van der Waals surface area contributed by atoms with Crippen molar-refractivity contribution in [1.29, 1.82) is 5.26 Å². The minimum Gasteiger partial charge on any atom is -0.366 e. The zero-order valence-corrected chi connectivity index (χ0v) is 9.65. The van der Waals surface area contributed by atoms with Crippen molar-refractivity contribution >= 4 is 17.4 Å². The lowest BCUT2D eigenvalue weighted by molar-refractivity contribution is 1.06. The van der Waals surface area contributed by atoms with E-state index in [1.807, 2.05) is 30.3 Å². The van der Waals surface area contributed by atoms with Gasteiger partial charge in [-0.3, -0.25) is 0 Å². The molecule has 1 heterocycles. The fraction of sp³-hybridized carbons (Fsp3) is 0.0833. The van der Waals surface area contributed by atoms with Crippen LogP contribution in [0.2, 0.25) is 5.02 Å². The minimum atomic E-state index is 0.147. The molecular formula is C12H9ClN4. The molecule has 1 N–H and O–H groups in total. The Hall–Kier alpha value is -2.12. The van der Waals surface area contributed by atoms with E-state index < -0.39 is 0 Å². The lowest BCUT2D eigenvalue weighted by Gasteiger charge is -2.06. The van der Waals surface area contributed by atoms with Gasteiger partial charge in [-0.25, -0.2) is 9.97 Å². The molecule has 2 aromatic rings. The molecule has 0 amide bonds. The summed E-state index contributed by atoms with van der Waals surface area (Å²) in [5, 5.41) is 12.5. The van der Waals surface area contributed by atoms with E-state index in [0.29, 0.717) is 17.4 Å². The van der Waals surface area contributed by atoms with Gasteiger partial charge in [-0.2, -0.15) is 5.26 Å². The van der Waals surface area contributed by atoms with E-state index in [1.54, 1.807) is 12.3 Å². The average Bonchev–Trinajstić information content (AvgIpc) is 2.38. The monoisotopic (exact) mass is 244 g/mol. The highest BCUT2D eigenvalue weighted by atomic mass is 35.5. The summed E-state index contributed by atoms with van der Waals surface area (Å²) < 4.78 is 0. The van der Waals surface area contributed by atoms with Gasteiger partial charge >= 0.3 is 0 Å². The van der Waals surface area contributed by atoms with Gasteiger partial charge in [0.15, 0.2) is 0 Å². The summed E-state index contributed by atoms with van der Waals surface area (Å²) in [6.45, 7) is 0.557. The normalized spacial score (nSPS) is 9.65. The summed E-state index contributed by atoms with van der Waals surface area (Å²) >= 11 is 6.02. The highest BCUT2D eigenvalue weighted by Gasteiger charge is 2.00. The maximum atomic E-state index is 8.67. The Kier molecular flexibility index (Phi) is 3.53. The number of halogens is 1. The van der Waals surface area contributed by atoms with Crippen LogP contribution in [0.15, 0.2) is 36.5 Å². The molecule has 0 fully saturated rings. The average molecular weight is 245 g/mol. The van der Waals surface area contributed by atoms with E-state index in [1.165, 1.54) is 0 Å². The zero-order chi connectivity index (χ0) is 12.1. The molecule has 0 atom stereocenters. The molecule has 0 saturated carbocycles. The molecule has 0 aliphatic rings. The quantitative estimate of drug-likeness (QED) is 0.902. The predicted molar refractivity (Wildman–Crippen MR) is 65.5 cm³/mol. The number of nitriles is 1. The maximum absolute atomic E-state index is 8.67. The van der Waals surface area contributed by atoms with Gasteiger partial charge in [0.1, 0.15) is 11.9 Å². The molecule has 0 aliphatic carbocycles. The second kappa shape index (κ2) is 5.28. The van der Waals surface area contributed by atoms with Crippen LogP contribution in [-0.4, -0.2) is 9.97 Å². The predicted octanol–water partition coefficient (Wildman–Crippen LogP) is 2.61. The summed E-state index contributed by atoms with van der Waals surface area (Å²) in [6, 6.07) is 11.2. The van der Waals surface area contributed by atoms with E-state index >= 15 is 0 Å². The first-order chi connectivity index (χ1) is 8.29. The lowest BCUT2D eigenvalue weighted by Crippen LogP contribution is -2.03. The van der Waals surface area contributed by atoms with Crippen LogP contribution in [0.3, 0.4) is 0 Å². The van der Waals surface area contributed by atoms with Crippen LogP contribution in [0.5, 0.6) is 0 Å².